The van der Waals surface area contributed by atoms with E-state index in [1.807, 2.05) is 0 Å². The zero-order valence-corrected chi connectivity index (χ0v) is 22.9. The fourth-order valence-electron chi connectivity index (χ4n) is 6.16. The molecule has 1 N–H and O–H groups in total. The zero-order valence-electron chi connectivity index (χ0n) is 22.9. The number of nitrogens with one attached hydrogen (secondary N) is 1. The second-order valence-corrected chi connectivity index (χ2v) is 11.2. The van der Waals surface area contributed by atoms with E-state index in [0.717, 1.165) is 69.7 Å². The Morgan fingerprint density at radius 1 is 0.816 bits per heavy atom. The molecule has 2 aliphatic rings. The maximum Gasteiger partial charge on any atom is 0.251 e. The van der Waals surface area contributed by atoms with Gasteiger partial charge in [0.2, 0.25) is 0 Å². The number of hydrogen-bond acceptors (Lipinski definition) is 3. The summed E-state index contributed by atoms with van der Waals surface area (Å²) in [4.78, 5) is 18.2. The SMILES string of the molecule is Cc1ccc(CN2CCN(CCC(c3ccccc3)c3ccccc3)CC2)cc1C(=O)NC1CCCCC1. The molecule has 3 aromatic carbocycles. The van der Waals surface area contributed by atoms with Crippen LogP contribution in [0.4, 0.5) is 0 Å². The molecule has 4 nitrogen and oxygen atoms in total. The van der Waals surface area contributed by atoms with Crippen molar-refractivity contribution in [3.8, 4) is 0 Å². The molecule has 38 heavy (non-hydrogen) atoms. The smallest absolute Gasteiger partial charge is 0.251 e. The highest BCUT2D eigenvalue weighted by Gasteiger charge is 2.21. The Balaban J connectivity index is 1.13. The Morgan fingerprint density at radius 3 is 2.05 bits per heavy atom. The van der Waals surface area contributed by atoms with Gasteiger partial charge in [0, 0.05) is 50.2 Å². The van der Waals surface area contributed by atoms with E-state index in [1.165, 1.54) is 36.0 Å². The minimum Gasteiger partial charge on any atom is -0.349 e. The van der Waals surface area contributed by atoms with E-state index in [4.69, 9.17) is 0 Å². The first-order valence-electron chi connectivity index (χ1n) is 14.6. The Bertz CT molecular complexity index is 1110. The number of amides is 1. The van der Waals surface area contributed by atoms with Crippen LogP contribution >= 0.6 is 0 Å². The van der Waals surface area contributed by atoms with Gasteiger partial charge in [0.15, 0.2) is 0 Å². The van der Waals surface area contributed by atoms with Crippen LogP contribution in [0.1, 0.15) is 77.1 Å². The van der Waals surface area contributed by atoms with E-state index in [-0.39, 0.29) is 5.91 Å². The molecule has 1 saturated carbocycles. The van der Waals surface area contributed by atoms with E-state index in [0.29, 0.717) is 12.0 Å². The van der Waals surface area contributed by atoms with Crippen LogP contribution in [0, 0.1) is 6.92 Å². The number of benzene rings is 3. The third-order valence-electron chi connectivity index (χ3n) is 8.50. The molecule has 0 radical (unpaired) electrons. The predicted octanol–water partition coefficient (Wildman–Crippen LogP) is 6.40. The van der Waals surface area contributed by atoms with Crippen molar-refractivity contribution < 1.29 is 4.79 Å². The molecule has 1 aliphatic carbocycles. The lowest BCUT2D eigenvalue weighted by Gasteiger charge is -2.35. The minimum absolute atomic E-state index is 0.104. The van der Waals surface area contributed by atoms with Crippen LogP contribution in [0.5, 0.6) is 0 Å². The lowest BCUT2D eigenvalue weighted by molar-refractivity contribution is 0.0926. The van der Waals surface area contributed by atoms with E-state index in [9.17, 15) is 4.79 Å². The molecule has 1 aliphatic heterocycles. The number of piperazine rings is 1. The van der Waals surface area contributed by atoms with Gasteiger partial charge in [-0.3, -0.25) is 9.69 Å². The number of hydrogen-bond donors (Lipinski definition) is 1. The predicted molar refractivity (Wildman–Crippen MR) is 157 cm³/mol. The van der Waals surface area contributed by atoms with Gasteiger partial charge in [-0.05, 0) is 61.1 Å². The second kappa shape index (κ2) is 13.2. The summed E-state index contributed by atoms with van der Waals surface area (Å²) in [5, 5.41) is 3.30. The van der Waals surface area contributed by atoms with Crippen molar-refractivity contribution in [1.29, 1.82) is 0 Å². The molecular weight excluding hydrogens is 466 g/mol. The van der Waals surface area contributed by atoms with Crippen LogP contribution in [0.2, 0.25) is 0 Å². The van der Waals surface area contributed by atoms with Gasteiger partial charge in [0.1, 0.15) is 0 Å². The van der Waals surface area contributed by atoms with Gasteiger partial charge in [-0.15, -0.1) is 0 Å². The van der Waals surface area contributed by atoms with E-state index in [2.05, 4.69) is 101 Å². The average molecular weight is 510 g/mol. The van der Waals surface area contributed by atoms with E-state index < -0.39 is 0 Å². The highest BCUT2D eigenvalue weighted by Crippen LogP contribution is 2.28. The van der Waals surface area contributed by atoms with Crippen molar-refractivity contribution in [2.75, 3.05) is 32.7 Å². The molecular formula is C34H43N3O. The standard InChI is InChI=1S/C34H43N3O/c1-27-17-18-28(25-33(27)34(38)35-31-15-9-4-10-16-31)26-37-23-21-36(22-24-37)20-19-32(29-11-5-2-6-12-29)30-13-7-3-8-14-30/h2-3,5-8,11-14,17-18,25,31-32H,4,9-10,15-16,19-24,26H2,1H3,(H,35,38). The van der Waals surface area contributed by atoms with E-state index >= 15 is 0 Å². The lowest BCUT2D eigenvalue weighted by Crippen LogP contribution is -2.46. The van der Waals surface area contributed by atoms with Gasteiger partial charge in [-0.25, -0.2) is 0 Å². The molecule has 0 spiro atoms. The first kappa shape index (κ1) is 26.6. The quantitative estimate of drug-likeness (QED) is 0.363. The summed E-state index contributed by atoms with van der Waals surface area (Å²) in [5.41, 5.74) is 5.96. The van der Waals surface area contributed by atoms with Crippen LogP contribution in [-0.2, 0) is 6.54 Å². The summed E-state index contributed by atoms with van der Waals surface area (Å²) in [7, 11) is 0. The fraction of sp³-hybridized carbons (Fsp3) is 0.441. The normalized spacial score (nSPS) is 17.5. The molecule has 2 fully saturated rings. The monoisotopic (exact) mass is 509 g/mol. The van der Waals surface area contributed by atoms with Crippen molar-refractivity contribution in [3.63, 3.8) is 0 Å². The maximum absolute atomic E-state index is 13.0. The van der Waals surface area contributed by atoms with Crippen LogP contribution < -0.4 is 5.32 Å². The van der Waals surface area contributed by atoms with Crippen molar-refractivity contribution in [2.24, 2.45) is 0 Å². The third-order valence-corrected chi connectivity index (χ3v) is 8.50. The summed E-state index contributed by atoms with van der Waals surface area (Å²) in [6, 6.07) is 28.7. The zero-order chi connectivity index (χ0) is 26.2. The summed E-state index contributed by atoms with van der Waals surface area (Å²) in [6.07, 6.45) is 7.13. The van der Waals surface area contributed by atoms with Crippen LogP contribution in [0.3, 0.4) is 0 Å². The molecule has 200 valence electrons. The van der Waals surface area contributed by atoms with E-state index in [1.54, 1.807) is 0 Å². The second-order valence-electron chi connectivity index (χ2n) is 11.2. The van der Waals surface area contributed by atoms with Gasteiger partial charge < -0.3 is 10.2 Å². The minimum atomic E-state index is 0.104. The summed E-state index contributed by atoms with van der Waals surface area (Å²) >= 11 is 0. The third kappa shape index (κ3) is 7.12. The average Bonchev–Trinajstić information content (AvgIpc) is 2.97. The maximum atomic E-state index is 13.0. The topological polar surface area (TPSA) is 35.6 Å². The first-order chi connectivity index (χ1) is 18.7. The van der Waals surface area contributed by atoms with Gasteiger partial charge in [-0.1, -0.05) is 92.1 Å². The summed E-state index contributed by atoms with van der Waals surface area (Å²) in [6.45, 7) is 8.40. The fourth-order valence-corrected chi connectivity index (χ4v) is 6.16. The summed E-state index contributed by atoms with van der Waals surface area (Å²) < 4.78 is 0. The van der Waals surface area contributed by atoms with Crippen molar-refractivity contribution >= 4 is 5.91 Å². The first-order valence-corrected chi connectivity index (χ1v) is 14.6. The molecule has 3 aromatic rings. The molecule has 0 atom stereocenters. The van der Waals surface area contributed by atoms with Crippen molar-refractivity contribution in [3.05, 3.63) is 107 Å². The highest BCUT2D eigenvalue weighted by molar-refractivity contribution is 5.96. The Hall–Kier alpha value is -2.95. The Morgan fingerprint density at radius 2 is 1.42 bits per heavy atom. The molecule has 1 amide bonds. The molecule has 4 heteroatoms. The number of nitrogens with zero attached hydrogens (tertiary/aromatic N) is 2. The Labute approximate surface area is 229 Å². The van der Waals surface area contributed by atoms with Crippen molar-refractivity contribution in [2.45, 2.75) is 64.0 Å². The highest BCUT2D eigenvalue weighted by atomic mass is 16.1. The van der Waals surface area contributed by atoms with Crippen LogP contribution in [0.25, 0.3) is 0 Å². The summed E-state index contributed by atoms with van der Waals surface area (Å²) in [5.74, 6) is 0.536. The molecule has 5 rings (SSSR count). The molecule has 0 unspecified atom stereocenters. The number of carbonyl (C=O) groups is 1. The molecule has 1 saturated heterocycles. The Kier molecular flexibility index (Phi) is 9.27. The number of aryl methyl sites for hydroxylation is 1. The van der Waals surface area contributed by atoms with Gasteiger partial charge >= 0.3 is 0 Å². The largest absolute Gasteiger partial charge is 0.349 e. The van der Waals surface area contributed by atoms with Crippen LogP contribution in [-0.4, -0.2) is 54.5 Å². The van der Waals surface area contributed by atoms with Crippen molar-refractivity contribution in [1.82, 2.24) is 15.1 Å². The molecule has 0 aromatic heterocycles. The molecule has 1 heterocycles. The van der Waals surface area contributed by atoms with Gasteiger partial charge in [0.05, 0.1) is 0 Å². The number of rotatable bonds is 9. The molecule has 0 bridgehead atoms. The lowest BCUT2D eigenvalue weighted by atomic mass is 9.88. The number of carbonyl (C=O) groups excluding carboxylic acids is 1. The van der Waals surface area contributed by atoms with Gasteiger partial charge in [-0.2, -0.15) is 0 Å². The van der Waals surface area contributed by atoms with Crippen LogP contribution in [0.15, 0.2) is 78.9 Å². The van der Waals surface area contributed by atoms with Gasteiger partial charge in [0.25, 0.3) is 5.91 Å².